The molecule has 1 aromatic carbocycles. The van der Waals surface area contributed by atoms with Gasteiger partial charge in [-0.3, -0.25) is 9.59 Å². The maximum absolute atomic E-state index is 12.6. The molecule has 1 aliphatic heterocycles. The topological polar surface area (TPSA) is 67.2 Å². The number of nitrogens with one attached hydrogen (secondary N) is 1. The summed E-state index contributed by atoms with van der Waals surface area (Å²) in [5.41, 5.74) is 0.724. The molecule has 0 aliphatic carbocycles. The SMILES string of the molecule is CC(C)CC(=O)N1CCC(Nc2cnn(-c3ccc(Cl)cc3)c(=O)c2Cl)CC1. The van der Waals surface area contributed by atoms with Gasteiger partial charge in [0.25, 0.3) is 5.56 Å². The van der Waals surface area contributed by atoms with Gasteiger partial charge in [-0.15, -0.1) is 0 Å². The van der Waals surface area contributed by atoms with Crippen molar-refractivity contribution >= 4 is 34.8 Å². The van der Waals surface area contributed by atoms with Gasteiger partial charge in [-0.25, -0.2) is 0 Å². The van der Waals surface area contributed by atoms with Gasteiger partial charge in [0.2, 0.25) is 5.91 Å². The maximum Gasteiger partial charge on any atom is 0.292 e. The van der Waals surface area contributed by atoms with E-state index in [9.17, 15) is 9.59 Å². The number of nitrogens with zero attached hydrogens (tertiary/aromatic N) is 3. The molecule has 1 N–H and O–H groups in total. The van der Waals surface area contributed by atoms with Gasteiger partial charge in [0, 0.05) is 30.6 Å². The third kappa shape index (κ3) is 4.86. The molecule has 0 unspecified atom stereocenters. The van der Waals surface area contributed by atoms with E-state index in [4.69, 9.17) is 23.2 Å². The molecule has 150 valence electrons. The van der Waals surface area contributed by atoms with Gasteiger partial charge in [0.1, 0.15) is 5.02 Å². The molecular formula is C20H24Cl2N4O2. The zero-order valence-corrected chi connectivity index (χ0v) is 17.5. The van der Waals surface area contributed by atoms with Gasteiger partial charge in [-0.2, -0.15) is 9.78 Å². The van der Waals surface area contributed by atoms with Crippen molar-refractivity contribution in [2.75, 3.05) is 18.4 Å². The van der Waals surface area contributed by atoms with Crippen molar-refractivity contribution in [3.63, 3.8) is 0 Å². The summed E-state index contributed by atoms with van der Waals surface area (Å²) in [6.07, 6.45) is 3.76. The fourth-order valence-electron chi connectivity index (χ4n) is 3.27. The van der Waals surface area contributed by atoms with Crippen molar-refractivity contribution in [3.05, 3.63) is 50.9 Å². The van der Waals surface area contributed by atoms with Crippen molar-refractivity contribution in [1.82, 2.24) is 14.7 Å². The van der Waals surface area contributed by atoms with E-state index in [2.05, 4.69) is 10.4 Å². The number of amides is 1. The second kappa shape index (κ2) is 8.97. The number of likely N-dealkylation sites (tertiary alicyclic amines) is 1. The molecule has 0 saturated carbocycles. The van der Waals surface area contributed by atoms with E-state index in [-0.39, 0.29) is 17.0 Å². The van der Waals surface area contributed by atoms with Crippen LogP contribution < -0.4 is 10.9 Å². The Morgan fingerprint density at radius 1 is 1.21 bits per heavy atom. The molecule has 28 heavy (non-hydrogen) atoms. The fraction of sp³-hybridized carbons (Fsp3) is 0.450. The number of aromatic nitrogens is 2. The summed E-state index contributed by atoms with van der Waals surface area (Å²) in [4.78, 5) is 26.7. The average Bonchev–Trinajstić information content (AvgIpc) is 2.66. The average molecular weight is 423 g/mol. The monoisotopic (exact) mass is 422 g/mol. The van der Waals surface area contributed by atoms with E-state index in [1.807, 2.05) is 18.7 Å². The summed E-state index contributed by atoms with van der Waals surface area (Å²) < 4.78 is 1.25. The minimum atomic E-state index is -0.390. The summed E-state index contributed by atoms with van der Waals surface area (Å²) in [7, 11) is 0. The highest BCUT2D eigenvalue weighted by molar-refractivity contribution is 6.33. The lowest BCUT2D eigenvalue weighted by molar-refractivity contribution is -0.132. The van der Waals surface area contributed by atoms with Crippen LogP contribution in [-0.2, 0) is 4.79 Å². The quantitative estimate of drug-likeness (QED) is 0.790. The number of piperidine rings is 1. The molecular weight excluding hydrogens is 399 g/mol. The Balaban J connectivity index is 1.66. The van der Waals surface area contributed by atoms with Crippen molar-refractivity contribution in [3.8, 4) is 5.69 Å². The van der Waals surface area contributed by atoms with Crippen molar-refractivity contribution in [2.24, 2.45) is 5.92 Å². The minimum Gasteiger partial charge on any atom is -0.380 e. The van der Waals surface area contributed by atoms with Crippen LogP contribution in [0.15, 0.2) is 35.3 Å². The minimum absolute atomic E-state index is 0.100. The van der Waals surface area contributed by atoms with E-state index in [1.165, 1.54) is 4.68 Å². The maximum atomic E-state index is 12.6. The molecule has 2 heterocycles. The number of rotatable bonds is 5. The van der Waals surface area contributed by atoms with Crippen LogP contribution in [0.5, 0.6) is 0 Å². The molecule has 0 radical (unpaired) electrons. The van der Waals surface area contributed by atoms with Gasteiger partial charge in [-0.1, -0.05) is 37.0 Å². The highest BCUT2D eigenvalue weighted by Gasteiger charge is 2.24. The third-order valence-corrected chi connectivity index (χ3v) is 5.40. The lowest BCUT2D eigenvalue weighted by Crippen LogP contribution is -2.42. The van der Waals surface area contributed by atoms with Crippen LogP contribution in [0, 0.1) is 5.92 Å². The molecule has 2 aromatic rings. The van der Waals surface area contributed by atoms with Gasteiger partial charge in [0.05, 0.1) is 17.6 Å². The molecule has 3 rings (SSSR count). The fourth-order valence-corrected chi connectivity index (χ4v) is 3.58. The first-order valence-electron chi connectivity index (χ1n) is 9.43. The number of halogens is 2. The second-order valence-electron chi connectivity index (χ2n) is 7.46. The van der Waals surface area contributed by atoms with Crippen LogP contribution in [0.3, 0.4) is 0 Å². The third-order valence-electron chi connectivity index (χ3n) is 4.78. The number of hydrogen-bond acceptors (Lipinski definition) is 4. The predicted molar refractivity (Wildman–Crippen MR) is 113 cm³/mol. The molecule has 0 bridgehead atoms. The molecule has 0 spiro atoms. The van der Waals surface area contributed by atoms with Crippen LogP contribution in [0.25, 0.3) is 5.69 Å². The molecule has 8 heteroatoms. The Kier molecular flexibility index (Phi) is 6.62. The van der Waals surface area contributed by atoms with Gasteiger partial charge in [0.15, 0.2) is 0 Å². The van der Waals surface area contributed by atoms with E-state index < -0.39 is 5.56 Å². The lowest BCUT2D eigenvalue weighted by Gasteiger charge is -2.33. The van der Waals surface area contributed by atoms with Crippen molar-refractivity contribution < 1.29 is 4.79 Å². The van der Waals surface area contributed by atoms with Gasteiger partial charge >= 0.3 is 0 Å². The lowest BCUT2D eigenvalue weighted by atomic mass is 10.0. The van der Waals surface area contributed by atoms with Crippen LogP contribution in [0.4, 0.5) is 5.69 Å². The van der Waals surface area contributed by atoms with Crippen LogP contribution in [0.2, 0.25) is 10.0 Å². The predicted octanol–water partition coefficient (Wildman–Crippen LogP) is 3.99. The number of benzene rings is 1. The molecule has 6 nitrogen and oxygen atoms in total. The highest BCUT2D eigenvalue weighted by atomic mass is 35.5. The van der Waals surface area contributed by atoms with E-state index in [0.29, 0.717) is 41.8 Å². The molecule has 1 saturated heterocycles. The summed E-state index contributed by atoms with van der Waals surface area (Å²) >= 11 is 12.2. The normalized spacial score (nSPS) is 15.1. The Labute approximate surface area is 174 Å². The van der Waals surface area contributed by atoms with Crippen LogP contribution in [0.1, 0.15) is 33.1 Å². The Morgan fingerprint density at radius 3 is 2.46 bits per heavy atom. The number of anilines is 1. The first kappa shape index (κ1) is 20.7. The molecule has 1 amide bonds. The van der Waals surface area contributed by atoms with Crippen LogP contribution >= 0.6 is 23.2 Å². The van der Waals surface area contributed by atoms with E-state index >= 15 is 0 Å². The first-order valence-corrected chi connectivity index (χ1v) is 10.2. The molecule has 1 aromatic heterocycles. The Hall–Kier alpha value is -2.05. The molecule has 1 fully saturated rings. The zero-order valence-electron chi connectivity index (χ0n) is 16.0. The Morgan fingerprint density at radius 2 is 1.86 bits per heavy atom. The summed E-state index contributed by atoms with van der Waals surface area (Å²) in [5, 5.41) is 8.22. The van der Waals surface area contributed by atoms with Gasteiger partial charge < -0.3 is 10.2 Å². The number of hydrogen-bond donors (Lipinski definition) is 1. The summed E-state index contributed by atoms with van der Waals surface area (Å²) in [6.45, 7) is 5.51. The summed E-state index contributed by atoms with van der Waals surface area (Å²) in [5.74, 6) is 0.569. The summed E-state index contributed by atoms with van der Waals surface area (Å²) in [6, 6.07) is 6.96. The smallest absolute Gasteiger partial charge is 0.292 e. The van der Waals surface area contributed by atoms with Crippen molar-refractivity contribution in [1.29, 1.82) is 0 Å². The van der Waals surface area contributed by atoms with Crippen LogP contribution in [-0.4, -0.2) is 39.7 Å². The highest BCUT2D eigenvalue weighted by Crippen LogP contribution is 2.22. The van der Waals surface area contributed by atoms with Crippen molar-refractivity contribution in [2.45, 2.75) is 39.2 Å². The van der Waals surface area contributed by atoms with E-state index in [0.717, 1.165) is 12.8 Å². The largest absolute Gasteiger partial charge is 0.380 e. The van der Waals surface area contributed by atoms with E-state index in [1.54, 1.807) is 30.5 Å². The Bertz CT molecular complexity index is 888. The first-order chi connectivity index (χ1) is 13.3. The van der Waals surface area contributed by atoms with Gasteiger partial charge in [-0.05, 0) is 43.0 Å². The number of carbonyl (C=O) groups excluding carboxylic acids is 1. The molecule has 1 aliphatic rings. The number of carbonyl (C=O) groups is 1. The molecule has 0 atom stereocenters. The zero-order chi connectivity index (χ0) is 20.3. The standard InChI is InChI=1S/C20H24Cl2N4O2/c1-13(2)11-18(27)25-9-7-15(8-10-25)24-17-12-23-26(20(28)19(17)22)16-5-3-14(21)4-6-16/h3-6,12-13,15,24H,7-11H2,1-2H3. The second-order valence-corrected chi connectivity index (χ2v) is 8.28.